The van der Waals surface area contributed by atoms with Gasteiger partial charge < -0.3 is 15.2 Å². The Kier molecular flexibility index (Phi) is 5.78. The molecule has 1 heterocycles. The van der Waals surface area contributed by atoms with Crippen molar-refractivity contribution in [1.29, 1.82) is 4.78 Å². The number of pyridine rings is 1. The van der Waals surface area contributed by atoms with Gasteiger partial charge in [-0.05, 0) is 43.3 Å². The molecule has 0 saturated carbocycles. The quantitative estimate of drug-likeness (QED) is 0.483. The molecule has 0 fully saturated rings. The number of hydrogen-bond acceptors (Lipinski definition) is 6. The van der Waals surface area contributed by atoms with Gasteiger partial charge in [-0.2, -0.15) is 0 Å². The van der Waals surface area contributed by atoms with E-state index in [0.29, 0.717) is 11.4 Å². The number of aliphatic hydroxyl groups is 1. The van der Waals surface area contributed by atoms with E-state index < -0.39 is 21.8 Å². The van der Waals surface area contributed by atoms with Crippen LogP contribution in [0, 0.1) is 10.6 Å². The molecule has 0 amide bonds. The van der Waals surface area contributed by atoms with Crippen LogP contribution in [0.5, 0.6) is 5.75 Å². The predicted octanol–water partition coefficient (Wildman–Crippen LogP) is 3.42. The molecule has 0 aliphatic heterocycles. The highest BCUT2D eigenvalue weighted by molar-refractivity contribution is 7.90. The number of rotatable bonds is 7. The summed E-state index contributed by atoms with van der Waals surface area (Å²) in [6, 6.07) is 11.3. The lowest BCUT2D eigenvalue weighted by Gasteiger charge is -2.14. The molecule has 0 aliphatic rings. The van der Waals surface area contributed by atoms with Crippen molar-refractivity contribution in [2.24, 2.45) is 0 Å². The fourth-order valence-corrected chi connectivity index (χ4v) is 3.87. The highest BCUT2D eigenvalue weighted by Gasteiger charge is 2.16. The zero-order valence-corrected chi connectivity index (χ0v) is 16.2. The Morgan fingerprint density at radius 3 is 2.75 bits per heavy atom. The van der Waals surface area contributed by atoms with Crippen molar-refractivity contribution >= 4 is 32.2 Å². The first-order valence-corrected chi connectivity index (χ1v) is 10.1. The number of halogens is 1. The Hall–Kier alpha value is -2.75. The van der Waals surface area contributed by atoms with Crippen molar-refractivity contribution < 1.29 is 18.4 Å². The van der Waals surface area contributed by atoms with Crippen LogP contribution in [0.4, 0.5) is 15.8 Å². The number of ether oxygens (including phenoxy) is 1. The average Bonchev–Trinajstić information content (AvgIpc) is 2.66. The standard InChI is InChI=1S/C19H21FN4O3S/c1-12(25)11-23-28(21,26)19-6-3-13(9-16(19)20)24-17-7-8-22-18-10-14(27-2)4-5-15(17)18/h3-10,12,25H,11H2,1-2H3,(H,22,24)(H2,21,23,26)/t12-,28?/m0/s1. The van der Waals surface area contributed by atoms with E-state index in [1.807, 2.05) is 12.1 Å². The van der Waals surface area contributed by atoms with Crippen molar-refractivity contribution in [1.82, 2.24) is 9.71 Å². The normalized spacial score (nSPS) is 14.4. The molecular weight excluding hydrogens is 383 g/mol. The maximum atomic E-state index is 14.5. The Labute approximate surface area is 162 Å². The molecule has 3 rings (SSSR count). The molecule has 2 atom stereocenters. The molecular formula is C19H21FN4O3S. The lowest BCUT2D eigenvalue weighted by Crippen LogP contribution is -2.30. The second-order valence-corrected chi connectivity index (χ2v) is 8.11. The Bertz CT molecular complexity index is 1100. The highest BCUT2D eigenvalue weighted by atomic mass is 32.2. The Balaban J connectivity index is 1.88. The summed E-state index contributed by atoms with van der Waals surface area (Å²) in [5.74, 6) is -0.0921. The summed E-state index contributed by atoms with van der Waals surface area (Å²) < 4.78 is 42.3. The van der Waals surface area contributed by atoms with Crippen LogP contribution in [0.25, 0.3) is 10.9 Å². The van der Waals surface area contributed by atoms with Crippen molar-refractivity contribution in [2.75, 3.05) is 19.0 Å². The van der Waals surface area contributed by atoms with Crippen LogP contribution >= 0.6 is 0 Å². The molecule has 0 spiro atoms. The third-order valence-electron chi connectivity index (χ3n) is 4.05. The minimum atomic E-state index is -3.55. The smallest absolute Gasteiger partial charge is 0.143 e. The van der Waals surface area contributed by atoms with E-state index in [1.165, 1.54) is 19.1 Å². The molecule has 9 heteroatoms. The van der Waals surface area contributed by atoms with Crippen molar-refractivity contribution in [3.05, 3.63) is 54.5 Å². The number of hydrogen-bond donors (Lipinski definition) is 4. The lowest BCUT2D eigenvalue weighted by molar-refractivity contribution is 0.199. The van der Waals surface area contributed by atoms with Gasteiger partial charge in [-0.25, -0.2) is 18.1 Å². The molecule has 148 valence electrons. The van der Waals surface area contributed by atoms with Gasteiger partial charge in [-0.15, -0.1) is 0 Å². The Morgan fingerprint density at radius 2 is 2.07 bits per heavy atom. The van der Waals surface area contributed by atoms with Gasteiger partial charge in [0.15, 0.2) is 0 Å². The number of fused-ring (bicyclic) bond motifs is 1. The molecule has 0 aliphatic carbocycles. The minimum absolute atomic E-state index is 0.0752. The third-order valence-corrected chi connectivity index (χ3v) is 5.58. The van der Waals surface area contributed by atoms with Crippen LogP contribution in [0.3, 0.4) is 0 Å². The summed E-state index contributed by atoms with van der Waals surface area (Å²) in [5.41, 5.74) is 1.88. The topological polar surface area (TPSA) is 107 Å². The summed E-state index contributed by atoms with van der Waals surface area (Å²) >= 11 is 0. The fraction of sp³-hybridized carbons (Fsp3) is 0.211. The van der Waals surface area contributed by atoms with Gasteiger partial charge in [0.05, 0.1) is 23.6 Å². The van der Waals surface area contributed by atoms with Gasteiger partial charge in [-0.1, -0.05) is 0 Å². The van der Waals surface area contributed by atoms with Crippen molar-refractivity contribution in [2.45, 2.75) is 17.9 Å². The number of aromatic nitrogens is 1. The molecule has 1 unspecified atom stereocenters. The molecule has 28 heavy (non-hydrogen) atoms. The van der Waals surface area contributed by atoms with Gasteiger partial charge >= 0.3 is 0 Å². The first kappa shape index (κ1) is 20.0. The van der Waals surface area contributed by atoms with E-state index in [-0.39, 0.29) is 11.4 Å². The second kappa shape index (κ2) is 8.09. The van der Waals surface area contributed by atoms with E-state index >= 15 is 0 Å². The van der Waals surface area contributed by atoms with Crippen LogP contribution in [0.2, 0.25) is 0 Å². The SMILES string of the molecule is COc1ccc2c(Nc3ccc(S(=N)(=O)NC[C@H](C)O)c(F)c3)ccnc2c1. The molecule has 4 N–H and O–H groups in total. The van der Waals surface area contributed by atoms with E-state index in [9.17, 15) is 13.7 Å². The zero-order chi connectivity index (χ0) is 20.3. The number of aliphatic hydroxyl groups excluding tert-OH is 1. The summed E-state index contributed by atoms with van der Waals surface area (Å²) in [4.78, 5) is 4.04. The second-order valence-electron chi connectivity index (χ2n) is 6.27. The molecule has 0 bridgehead atoms. The first-order valence-electron chi connectivity index (χ1n) is 8.51. The summed E-state index contributed by atoms with van der Waals surface area (Å²) in [7, 11) is -1.98. The average molecular weight is 404 g/mol. The van der Waals surface area contributed by atoms with E-state index in [4.69, 9.17) is 9.52 Å². The first-order chi connectivity index (χ1) is 13.3. The van der Waals surface area contributed by atoms with Crippen molar-refractivity contribution in [3.63, 3.8) is 0 Å². The fourth-order valence-electron chi connectivity index (χ4n) is 2.65. The maximum absolute atomic E-state index is 14.5. The summed E-state index contributed by atoms with van der Waals surface area (Å²) in [6.07, 6.45) is 0.833. The molecule has 0 radical (unpaired) electrons. The number of anilines is 2. The molecule has 3 aromatic rings. The molecule has 1 aromatic heterocycles. The van der Waals surface area contributed by atoms with Gasteiger partial charge in [0, 0.05) is 35.6 Å². The molecule has 2 aromatic carbocycles. The monoisotopic (exact) mass is 404 g/mol. The van der Waals surface area contributed by atoms with Gasteiger partial charge in [0.25, 0.3) is 0 Å². The number of nitrogens with zero attached hydrogens (tertiary/aromatic N) is 1. The van der Waals surface area contributed by atoms with Gasteiger partial charge in [-0.3, -0.25) is 4.98 Å². The zero-order valence-electron chi connectivity index (χ0n) is 15.4. The van der Waals surface area contributed by atoms with Gasteiger partial charge in [0.2, 0.25) is 0 Å². The van der Waals surface area contributed by atoms with E-state index in [0.717, 1.165) is 16.6 Å². The predicted molar refractivity (Wildman–Crippen MR) is 107 cm³/mol. The highest BCUT2D eigenvalue weighted by Crippen LogP contribution is 2.29. The summed E-state index contributed by atoms with van der Waals surface area (Å²) in [5, 5.41) is 13.2. The van der Waals surface area contributed by atoms with Crippen LogP contribution in [0.1, 0.15) is 6.92 Å². The molecule has 0 saturated heterocycles. The van der Waals surface area contributed by atoms with E-state index in [1.54, 1.807) is 31.5 Å². The summed E-state index contributed by atoms with van der Waals surface area (Å²) in [6.45, 7) is 1.41. The number of methoxy groups -OCH3 is 1. The number of benzene rings is 2. The van der Waals surface area contributed by atoms with Crippen molar-refractivity contribution in [3.8, 4) is 5.75 Å². The van der Waals surface area contributed by atoms with Crippen LogP contribution in [-0.4, -0.2) is 34.1 Å². The number of nitrogens with one attached hydrogen (secondary N) is 3. The molecule has 7 nitrogen and oxygen atoms in total. The van der Waals surface area contributed by atoms with Crippen LogP contribution in [-0.2, 0) is 9.92 Å². The largest absolute Gasteiger partial charge is 0.497 e. The minimum Gasteiger partial charge on any atom is -0.497 e. The maximum Gasteiger partial charge on any atom is 0.143 e. The van der Waals surface area contributed by atoms with E-state index in [2.05, 4.69) is 15.0 Å². The Morgan fingerprint density at radius 1 is 1.29 bits per heavy atom. The lowest BCUT2D eigenvalue weighted by atomic mass is 10.1. The van der Waals surface area contributed by atoms with Gasteiger partial charge in [0.1, 0.15) is 21.5 Å². The third kappa shape index (κ3) is 4.38. The van der Waals surface area contributed by atoms with Crippen LogP contribution in [0.15, 0.2) is 53.6 Å². The van der Waals surface area contributed by atoms with Crippen LogP contribution < -0.4 is 14.8 Å².